The van der Waals surface area contributed by atoms with E-state index in [1.165, 1.54) is 13.0 Å². The van der Waals surface area contributed by atoms with E-state index in [9.17, 15) is 14.7 Å². The van der Waals surface area contributed by atoms with Crippen molar-refractivity contribution in [1.82, 2.24) is 5.32 Å². The van der Waals surface area contributed by atoms with Gasteiger partial charge in [0.2, 0.25) is 5.91 Å². The van der Waals surface area contributed by atoms with E-state index in [2.05, 4.69) is 5.32 Å². The molecule has 0 saturated heterocycles. The van der Waals surface area contributed by atoms with Gasteiger partial charge >= 0.3 is 5.97 Å². The Morgan fingerprint density at radius 1 is 1.41 bits per heavy atom. The summed E-state index contributed by atoms with van der Waals surface area (Å²) in [6, 6.07) is 3.76. The minimum Gasteiger partial charge on any atom is -0.508 e. The van der Waals surface area contributed by atoms with Crippen LogP contribution in [-0.2, 0) is 16.0 Å². The third-order valence-corrected chi connectivity index (χ3v) is 2.43. The number of hydrogen-bond donors (Lipinski definition) is 3. The normalized spacial score (nSPS) is 11.9. The van der Waals surface area contributed by atoms with E-state index in [0.717, 1.165) is 11.1 Å². The van der Waals surface area contributed by atoms with Crippen LogP contribution < -0.4 is 5.32 Å². The van der Waals surface area contributed by atoms with Crippen LogP contribution >= 0.6 is 0 Å². The fraction of sp³-hybridized carbons (Fsp3) is 0.333. The number of nitrogens with one attached hydrogen (secondary N) is 1. The number of amides is 1. The van der Waals surface area contributed by atoms with Gasteiger partial charge in [-0.15, -0.1) is 0 Å². The molecule has 1 rings (SSSR count). The van der Waals surface area contributed by atoms with Gasteiger partial charge in [-0.05, 0) is 30.2 Å². The molecule has 0 saturated carbocycles. The quantitative estimate of drug-likeness (QED) is 0.724. The highest BCUT2D eigenvalue weighted by atomic mass is 16.4. The number of hydrogen-bond acceptors (Lipinski definition) is 3. The third kappa shape index (κ3) is 3.79. The molecule has 0 aliphatic carbocycles. The zero-order chi connectivity index (χ0) is 13.0. The van der Waals surface area contributed by atoms with Crippen LogP contribution in [0, 0.1) is 6.92 Å². The van der Waals surface area contributed by atoms with Gasteiger partial charge in [0.25, 0.3) is 0 Å². The van der Waals surface area contributed by atoms with Crippen LogP contribution in [0.1, 0.15) is 18.1 Å². The first kappa shape index (κ1) is 13.0. The van der Waals surface area contributed by atoms with Gasteiger partial charge in [-0.1, -0.05) is 6.07 Å². The van der Waals surface area contributed by atoms with E-state index in [1.54, 1.807) is 19.1 Å². The summed E-state index contributed by atoms with van der Waals surface area (Å²) in [5.41, 5.74) is 1.57. The monoisotopic (exact) mass is 237 g/mol. The number of rotatable bonds is 4. The summed E-state index contributed by atoms with van der Waals surface area (Å²) in [7, 11) is 0. The average molecular weight is 237 g/mol. The Morgan fingerprint density at radius 3 is 2.53 bits per heavy atom. The highest BCUT2D eigenvalue weighted by Crippen LogP contribution is 2.17. The molecular weight excluding hydrogens is 222 g/mol. The summed E-state index contributed by atoms with van der Waals surface area (Å²) in [6.07, 6.45) is 0.195. The van der Waals surface area contributed by atoms with Gasteiger partial charge in [-0.2, -0.15) is 0 Å². The molecule has 92 valence electrons. The lowest BCUT2D eigenvalue weighted by Gasteiger charge is -2.14. The Bertz CT molecular complexity index is 442. The first-order valence-electron chi connectivity index (χ1n) is 5.18. The Balaban J connectivity index is 2.86. The van der Waals surface area contributed by atoms with Crippen LogP contribution in [0.2, 0.25) is 0 Å². The van der Waals surface area contributed by atoms with Crippen molar-refractivity contribution in [1.29, 1.82) is 0 Å². The Morgan fingerprint density at radius 2 is 2.06 bits per heavy atom. The molecule has 17 heavy (non-hydrogen) atoms. The van der Waals surface area contributed by atoms with Gasteiger partial charge in [0.05, 0.1) is 0 Å². The number of aliphatic carboxylic acids is 1. The molecule has 0 bridgehead atoms. The molecule has 0 aliphatic rings. The van der Waals surface area contributed by atoms with E-state index in [-0.39, 0.29) is 18.1 Å². The zero-order valence-electron chi connectivity index (χ0n) is 9.73. The number of phenols is 1. The van der Waals surface area contributed by atoms with Crippen molar-refractivity contribution < 1.29 is 19.8 Å². The van der Waals surface area contributed by atoms with Gasteiger partial charge in [0, 0.05) is 13.3 Å². The molecule has 1 amide bonds. The molecule has 0 radical (unpaired) electrons. The van der Waals surface area contributed by atoms with Crippen molar-refractivity contribution in [2.45, 2.75) is 26.3 Å². The van der Waals surface area contributed by atoms with Crippen molar-refractivity contribution in [3.63, 3.8) is 0 Å². The second-order valence-corrected chi connectivity index (χ2v) is 3.91. The first-order valence-corrected chi connectivity index (χ1v) is 5.18. The van der Waals surface area contributed by atoms with Gasteiger partial charge in [-0.25, -0.2) is 4.79 Å². The predicted molar refractivity (Wildman–Crippen MR) is 61.8 cm³/mol. The zero-order valence-corrected chi connectivity index (χ0v) is 9.73. The van der Waals surface area contributed by atoms with Gasteiger partial charge < -0.3 is 15.5 Å². The van der Waals surface area contributed by atoms with E-state index >= 15 is 0 Å². The molecule has 1 aromatic rings. The molecule has 0 aliphatic heterocycles. The maximum atomic E-state index is 11.0. The van der Waals surface area contributed by atoms with Crippen LogP contribution in [0.25, 0.3) is 0 Å². The summed E-state index contributed by atoms with van der Waals surface area (Å²) in [6.45, 7) is 3.06. The number of phenolic OH excluding ortho intramolecular Hbond substituents is 1. The summed E-state index contributed by atoms with van der Waals surface area (Å²) >= 11 is 0. The number of carboxylic acids is 1. The molecule has 3 N–H and O–H groups in total. The highest BCUT2D eigenvalue weighted by Gasteiger charge is 2.19. The largest absolute Gasteiger partial charge is 0.508 e. The standard InChI is InChI=1S/C12H15NO4/c1-7-5-10(15)4-3-9(7)6-11(12(16)17)13-8(2)14/h3-5,11,15H,6H2,1-2H3,(H,13,14)(H,16,17). The van der Waals surface area contributed by atoms with Gasteiger partial charge in [0.1, 0.15) is 11.8 Å². The summed E-state index contributed by atoms with van der Waals surface area (Å²) in [5, 5.41) is 20.6. The van der Waals surface area contributed by atoms with Crippen LogP contribution in [0.15, 0.2) is 18.2 Å². The number of aryl methyl sites for hydroxylation is 1. The van der Waals surface area contributed by atoms with E-state index in [1.807, 2.05) is 0 Å². The van der Waals surface area contributed by atoms with Crippen molar-refractivity contribution >= 4 is 11.9 Å². The number of aromatic hydroxyl groups is 1. The Labute approximate surface area is 99.1 Å². The number of carboxylic acid groups (broad SMARTS) is 1. The molecule has 5 heteroatoms. The van der Waals surface area contributed by atoms with Gasteiger partial charge in [0.15, 0.2) is 0 Å². The molecule has 0 fully saturated rings. The van der Waals surface area contributed by atoms with Crippen molar-refractivity contribution in [3.05, 3.63) is 29.3 Å². The molecule has 1 atom stereocenters. The van der Waals surface area contributed by atoms with E-state index in [0.29, 0.717) is 0 Å². The SMILES string of the molecule is CC(=O)NC(Cc1ccc(O)cc1C)C(=O)O. The molecule has 1 aromatic carbocycles. The van der Waals surface area contributed by atoms with E-state index in [4.69, 9.17) is 5.11 Å². The fourth-order valence-corrected chi connectivity index (χ4v) is 1.57. The molecule has 5 nitrogen and oxygen atoms in total. The average Bonchev–Trinajstić information content (AvgIpc) is 2.19. The lowest BCUT2D eigenvalue weighted by Crippen LogP contribution is -2.41. The van der Waals surface area contributed by atoms with Crippen LogP contribution in [0.5, 0.6) is 5.75 Å². The maximum absolute atomic E-state index is 11.0. The minimum absolute atomic E-state index is 0.137. The molecular formula is C12H15NO4. The number of carbonyl (C=O) groups is 2. The molecule has 0 spiro atoms. The van der Waals surface area contributed by atoms with Crippen molar-refractivity contribution in [2.75, 3.05) is 0 Å². The second kappa shape index (κ2) is 5.34. The van der Waals surface area contributed by atoms with Crippen LogP contribution in [0.4, 0.5) is 0 Å². The molecule has 0 aromatic heterocycles. The van der Waals surface area contributed by atoms with Crippen LogP contribution in [0.3, 0.4) is 0 Å². The summed E-state index contributed by atoms with van der Waals surface area (Å²) < 4.78 is 0. The predicted octanol–water partition coefficient (Wildman–Crippen LogP) is 0.832. The number of carbonyl (C=O) groups excluding carboxylic acids is 1. The Kier molecular flexibility index (Phi) is 4.09. The van der Waals surface area contributed by atoms with Crippen LogP contribution in [-0.4, -0.2) is 28.1 Å². The topological polar surface area (TPSA) is 86.6 Å². The lowest BCUT2D eigenvalue weighted by molar-refractivity contribution is -0.141. The van der Waals surface area contributed by atoms with Crippen molar-refractivity contribution in [3.8, 4) is 5.75 Å². The molecule has 0 heterocycles. The maximum Gasteiger partial charge on any atom is 0.326 e. The van der Waals surface area contributed by atoms with Gasteiger partial charge in [-0.3, -0.25) is 4.79 Å². The smallest absolute Gasteiger partial charge is 0.326 e. The summed E-state index contributed by atoms with van der Waals surface area (Å²) in [4.78, 5) is 21.8. The lowest BCUT2D eigenvalue weighted by atomic mass is 10.0. The fourth-order valence-electron chi connectivity index (χ4n) is 1.57. The molecule has 1 unspecified atom stereocenters. The Hall–Kier alpha value is -2.04. The number of benzene rings is 1. The third-order valence-electron chi connectivity index (χ3n) is 2.43. The van der Waals surface area contributed by atoms with Crippen molar-refractivity contribution in [2.24, 2.45) is 0 Å². The summed E-state index contributed by atoms with van der Waals surface area (Å²) in [5.74, 6) is -1.32. The second-order valence-electron chi connectivity index (χ2n) is 3.91. The van der Waals surface area contributed by atoms with E-state index < -0.39 is 12.0 Å². The highest BCUT2D eigenvalue weighted by molar-refractivity contribution is 5.82. The minimum atomic E-state index is -1.08. The first-order chi connectivity index (χ1) is 7.90.